The third-order valence-electron chi connectivity index (χ3n) is 5.57. The third-order valence-corrected chi connectivity index (χ3v) is 5.57. The molecular formula is C19H39NO. The van der Waals surface area contributed by atoms with Crippen molar-refractivity contribution in [2.24, 2.45) is 17.8 Å². The Bertz CT molecular complexity index is 268. The van der Waals surface area contributed by atoms with E-state index in [1.54, 1.807) is 0 Å². The van der Waals surface area contributed by atoms with Crippen LogP contribution in [0.5, 0.6) is 0 Å². The van der Waals surface area contributed by atoms with E-state index in [4.69, 9.17) is 4.74 Å². The molecule has 1 heterocycles. The Labute approximate surface area is 133 Å². The Balaban J connectivity index is 2.69. The number of nitrogens with one attached hydrogen (secondary N) is 1. The predicted octanol–water partition coefficient (Wildman–Crippen LogP) is 5.02. The van der Waals surface area contributed by atoms with Crippen molar-refractivity contribution in [3.63, 3.8) is 0 Å². The van der Waals surface area contributed by atoms with Gasteiger partial charge in [-0.05, 0) is 45.1 Å². The molecule has 1 rings (SSSR count). The highest BCUT2D eigenvalue weighted by molar-refractivity contribution is 4.92. The zero-order chi connectivity index (χ0) is 15.8. The van der Waals surface area contributed by atoms with E-state index in [-0.39, 0.29) is 0 Å². The van der Waals surface area contributed by atoms with Crippen molar-refractivity contribution in [1.82, 2.24) is 5.32 Å². The molecule has 1 aliphatic rings. The van der Waals surface area contributed by atoms with Gasteiger partial charge in [-0.1, -0.05) is 53.4 Å². The summed E-state index contributed by atoms with van der Waals surface area (Å²) in [5, 5.41) is 3.85. The Kier molecular flexibility index (Phi) is 8.89. The molecule has 0 aliphatic carbocycles. The molecular weight excluding hydrogens is 258 g/mol. The van der Waals surface area contributed by atoms with Crippen molar-refractivity contribution in [3.05, 3.63) is 0 Å². The highest BCUT2D eigenvalue weighted by atomic mass is 16.5. The second-order valence-electron chi connectivity index (χ2n) is 7.20. The molecule has 0 aromatic heterocycles. The molecule has 0 radical (unpaired) electrons. The molecule has 1 aliphatic heterocycles. The fourth-order valence-electron chi connectivity index (χ4n) is 4.03. The first kappa shape index (κ1) is 19.0. The molecule has 0 bridgehead atoms. The van der Waals surface area contributed by atoms with Crippen LogP contribution in [0.1, 0.15) is 80.1 Å². The lowest BCUT2D eigenvalue weighted by Gasteiger charge is -2.32. The summed E-state index contributed by atoms with van der Waals surface area (Å²) in [7, 11) is 0. The average Bonchev–Trinajstić information content (AvgIpc) is 2.72. The predicted molar refractivity (Wildman–Crippen MR) is 92.7 cm³/mol. The van der Waals surface area contributed by atoms with E-state index in [9.17, 15) is 0 Å². The van der Waals surface area contributed by atoms with Gasteiger partial charge >= 0.3 is 0 Å². The van der Waals surface area contributed by atoms with Crippen molar-refractivity contribution in [2.45, 2.75) is 98.3 Å². The Morgan fingerprint density at radius 2 is 1.71 bits per heavy atom. The lowest BCUT2D eigenvalue weighted by molar-refractivity contribution is 0.0463. The fraction of sp³-hybridized carbons (Fsp3) is 1.00. The van der Waals surface area contributed by atoms with Crippen LogP contribution in [-0.4, -0.2) is 24.8 Å². The highest BCUT2D eigenvalue weighted by Gasteiger charge is 2.41. The Hall–Kier alpha value is -0.0800. The van der Waals surface area contributed by atoms with Gasteiger partial charge in [0.1, 0.15) is 0 Å². The van der Waals surface area contributed by atoms with Gasteiger partial charge in [0.05, 0.1) is 12.2 Å². The SMILES string of the molecule is CCCCC(CC)CC(NCCC)C1C(C)OC(C)C1C. The normalized spacial score (nSPS) is 32.3. The summed E-state index contributed by atoms with van der Waals surface area (Å²) in [6.07, 6.45) is 8.75. The standard InChI is InChI=1S/C19H39NO/c1-7-10-11-17(9-3)13-18(20-12-8-2)19-14(4)15(5)21-16(19)6/h14-20H,7-13H2,1-6H3. The van der Waals surface area contributed by atoms with Gasteiger partial charge in [0, 0.05) is 12.0 Å². The van der Waals surface area contributed by atoms with Crippen LogP contribution in [0.3, 0.4) is 0 Å². The van der Waals surface area contributed by atoms with E-state index < -0.39 is 0 Å². The first-order valence-corrected chi connectivity index (χ1v) is 9.43. The molecule has 1 saturated heterocycles. The molecule has 2 nitrogen and oxygen atoms in total. The zero-order valence-electron chi connectivity index (χ0n) is 15.3. The molecule has 0 saturated carbocycles. The van der Waals surface area contributed by atoms with Crippen LogP contribution in [0.4, 0.5) is 0 Å². The highest BCUT2D eigenvalue weighted by Crippen LogP contribution is 2.37. The van der Waals surface area contributed by atoms with E-state index >= 15 is 0 Å². The number of unbranched alkanes of at least 4 members (excludes halogenated alkanes) is 1. The molecule has 6 atom stereocenters. The molecule has 6 unspecified atom stereocenters. The van der Waals surface area contributed by atoms with Crippen molar-refractivity contribution >= 4 is 0 Å². The van der Waals surface area contributed by atoms with Gasteiger partial charge in [0.25, 0.3) is 0 Å². The number of hydrogen-bond donors (Lipinski definition) is 1. The molecule has 1 N–H and O–H groups in total. The molecule has 2 heteroatoms. The lowest BCUT2D eigenvalue weighted by Crippen LogP contribution is -2.43. The third kappa shape index (κ3) is 5.56. The number of hydrogen-bond acceptors (Lipinski definition) is 2. The fourth-order valence-corrected chi connectivity index (χ4v) is 4.03. The largest absolute Gasteiger partial charge is 0.375 e. The smallest absolute Gasteiger partial charge is 0.0597 e. The summed E-state index contributed by atoms with van der Waals surface area (Å²) in [6, 6.07) is 0.627. The van der Waals surface area contributed by atoms with Crippen LogP contribution in [0.15, 0.2) is 0 Å². The van der Waals surface area contributed by atoms with Gasteiger partial charge in [0.15, 0.2) is 0 Å². The van der Waals surface area contributed by atoms with E-state index in [0.717, 1.165) is 12.5 Å². The molecule has 0 aromatic rings. The second-order valence-corrected chi connectivity index (χ2v) is 7.20. The average molecular weight is 298 g/mol. The van der Waals surface area contributed by atoms with Crippen LogP contribution in [0.25, 0.3) is 0 Å². The molecule has 0 spiro atoms. The molecule has 1 fully saturated rings. The topological polar surface area (TPSA) is 21.3 Å². The minimum Gasteiger partial charge on any atom is -0.375 e. The van der Waals surface area contributed by atoms with Crippen LogP contribution in [-0.2, 0) is 4.74 Å². The van der Waals surface area contributed by atoms with Crippen molar-refractivity contribution in [1.29, 1.82) is 0 Å². The summed E-state index contributed by atoms with van der Waals surface area (Å²) in [6.45, 7) is 15.0. The van der Waals surface area contributed by atoms with Crippen molar-refractivity contribution in [3.8, 4) is 0 Å². The maximum Gasteiger partial charge on any atom is 0.0597 e. The van der Waals surface area contributed by atoms with E-state index in [1.165, 1.54) is 38.5 Å². The van der Waals surface area contributed by atoms with Crippen LogP contribution >= 0.6 is 0 Å². The quantitative estimate of drug-likeness (QED) is 0.611. The summed E-state index contributed by atoms with van der Waals surface area (Å²) in [5.41, 5.74) is 0. The van der Waals surface area contributed by atoms with Gasteiger partial charge in [-0.3, -0.25) is 0 Å². The van der Waals surface area contributed by atoms with Gasteiger partial charge in [-0.25, -0.2) is 0 Å². The summed E-state index contributed by atoms with van der Waals surface area (Å²) >= 11 is 0. The first-order chi connectivity index (χ1) is 10.0. The van der Waals surface area contributed by atoms with Gasteiger partial charge in [0.2, 0.25) is 0 Å². The summed E-state index contributed by atoms with van der Waals surface area (Å²) in [5.74, 6) is 2.20. The maximum absolute atomic E-state index is 6.10. The van der Waals surface area contributed by atoms with Crippen molar-refractivity contribution in [2.75, 3.05) is 6.54 Å². The Morgan fingerprint density at radius 3 is 2.19 bits per heavy atom. The minimum absolute atomic E-state index is 0.396. The Morgan fingerprint density at radius 1 is 1.00 bits per heavy atom. The first-order valence-electron chi connectivity index (χ1n) is 9.43. The zero-order valence-corrected chi connectivity index (χ0v) is 15.3. The molecule has 0 aromatic carbocycles. The molecule has 0 amide bonds. The molecule has 126 valence electrons. The number of ether oxygens (including phenoxy) is 1. The van der Waals surface area contributed by atoms with E-state index in [2.05, 4.69) is 46.9 Å². The van der Waals surface area contributed by atoms with E-state index in [0.29, 0.717) is 30.1 Å². The minimum atomic E-state index is 0.396. The van der Waals surface area contributed by atoms with Crippen LogP contribution in [0.2, 0.25) is 0 Å². The monoisotopic (exact) mass is 297 g/mol. The summed E-state index contributed by atoms with van der Waals surface area (Å²) < 4.78 is 6.10. The van der Waals surface area contributed by atoms with Gasteiger partial charge in [-0.15, -0.1) is 0 Å². The maximum atomic E-state index is 6.10. The summed E-state index contributed by atoms with van der Waals surface area (Å²) in [4.78, 5) is 0. The lowest BCUT2D eigenvalue weighted by atomic mass is 9.78. The number of rotatable bonds is 10. The molecule has 21 heavy (non-hydrogen) atoms. The van der Waals surface area contributed by atoms with Gasteiger partial charge in [-0.2, -0.15) is 0 Å². The van der Waals surface area contributed by atoms with Crippen molar-refractivity contribution < 1.29 is 4.74 Å². The second kappa shape index (κ2) is 9.84. The van der Waals surface area contributed by atoms with Crippen LogP contribution in [0, 0.1) is 17.8 Å². The van der Waals surface area contributed by atoms with E-state index in [1.807, 2.05) is 0 Å². The van der Waals surface area contributed by atoms with Gasteiger partial charge < -0.3 is 10.1 Å². The van der Waals surface area contributed by atoms with Crippen LogP contribution < -0.4 is 5.32 Å².